The highest BCUT2D eigenvalue weighted by molar-refractivity contribution is 7.46. The Kier molecular flexibility index (Phi) is 35.3. The molecule has 0 heterocycles. The summed E-state index contributed by atoms with van der Waals surface area (Å²) in [5, 5.41) is 0. The molecule has 0 amide bonds. The molecule has 0 unspecified atom stereocenters. The minimum Gasteiger partial charge on any atom is -0.462 e. The van der Waals surface area contributed by atoms with Gasteiger partial charge >= 0.3 is 19.8 Å². The number of esters is 2. The largest absolute Gasteiger partial charge is 0.469 e. The molecule has 0 fully saturated rings. The van der Waals surface area contributed by atoms with Crippen LogP contribution < -0.4 is 0 Å². The van der Waals surface area contributed by atoms with Gasteiger partial charge in [-0.3, -0.25) is 14.1 Å². The maximum absolute atomic E-state index is 12.4. The van der Waals surface area contributed by atoms with Crippen molar-refractivity contribution < 1.29 is 37.9 Å². The molecular formula is C41H73O8P. The first-order valence-corrected chi connectivity index (χ1v) is 21.5. The Balaban J connectivity index is 4.06. The van der Waals surface area contributed by atoms with E-state index in [4.69, 9.17) is 19.3 Å². The summed E-state index contributed by atoms with van der Waals surface area (Å²) in [6, 6.07) is 0. The van der Waals surface area contributed by atoms with Crippen molar-refractivity contribution in [3.05, 3.63) is 48.6 Å². The highest BCUT2D eigenvalue weighted by Crippen LogP contribution is 2.36. The molecule has 0 aromatic rings. The summed E-state index contributed by atoms with van der Waals surface area (Å²) < 4.78 is 26.3. The van der Waals surface area contributed by atoms with Crippen LogP contribution in [0.5, 0.6) is 0 Å². The third-order valence-corrected chi connectivity index (χ3v) is 8.81. The Labute approximate surface area is 305 Å². The predicted molar refractivity (Wildman–Crippen MR) is 207 cm³/mol. The first-order chi connectivity index (χ1) is 24.3. The summed E-state index contributed by atoms with van der Waals surface area (Å²) in [6.07, 6.45) is 44.2. The standard InChI is InChI=1S/C41H73O8P/c1-3-5-7-9-11-13-15-17-19-20-22-23-25-27-29-31-33-35-40(42)47-37-39(38-48-50(44,45)46)49-41(43)36-34-32-30-28-26-24-21-18-16-14-12-10-8-6-4-2/h18,21-23,26-29,39H,3-17,19-20,24-25,30-38H2,1-2H3,(H2,44,45,46)/b21-18+,23-22+,28-26+,29-27+/t39-/m1/s1. The van der Waals surface area contributed by atoms with Gasteiger partial charge in [0.05, 0.1) is 6.61 Å². The zero-order valence-electron chi connectivity index (χ0n) is 31.8. The maximum atomic E-state index is 12.4. The fraction of sp³-hybridized carbons (Fsp3) is 0.756. The lowest BCUT2D eigenvalue weighted by Crippen LogP contribution is -2.29. The van der Waals surface area contributed by atoms with Crippen LogP contribution in [0, 0.1) is 0 Å². The van der Waals surface area contributed by atoms with Gasteiger partial charge in [0.25, 0.3) is 0 Å². The van der Waals surface area contributed by atoms with Crippen molar-refractivity contribution >= 4 is 19.8 Å². The van der Waals surface area contributed by atoms with E-state index in [0.717, 1.165) is 44.9 Å². The lowest BCUT2D eigenvalue weighted by atomic mass is 10.1. The average molecular weight is 725 g/mol. The van der Waals surface area contributed by atoms with E-state index in [0.29, 0.717) is 12.8 Å². The number of hydrogen-bond acceptors (Lipinski definition) is 6. The molecule has 0 spiro atoms. The normalized spacial score (nSPS) is 13.0. The Morgan fingerprint density at radius 2 is 0.920 bits per heavy atom. The molecular weight excluding hydrogens is 651 g/mol. The van der Waals surface area contributed by atoms with Crippen LogP contribution in [-0.4, -0.2) is 41.0 Å². The predicted octanol–water partition coefficient (Wildman–Crippen LogP) is 12.0. The molecule has 290 valence electrons. The van der Waals surface area contributed by atoms with Crippen molar-refractivity contribution in [3.63, 3.8) is 0 Å². The van der Waals surface area contributed by atoms with Gasteiger partial charge in [0.1, 0.15) is 6.61 Å². The third-order valence-electron chi connectivity index (χ3n) is 8.32. The molecule has 0 aliphatic carbocycles. The molecule has 0 aromatic carbocycles. The molecule has 0 bridgehead atoms. The van der Waals surface area contributed by atoms with Gasteiger partial charge in [0, 0.05) is 12.8 Å². The summed E-state index contributed by atoms with van der Waals surface area (Å²) in [5.74, 6) is -0.977. The number of unbranched alkanes of at least 4 members (excludes halogenated alkanes) is 18. The van der Waals surface area contributed by atoms with Gasteiger partial charge in [0.15, 0.2) is 6.10 Å². The van der Waals surface area contributed by atoms with E-state index in [-0.39, 0.29) is 19.4 Å². The van der Waals surface area contributed by atoms with Crippen LogP contribution in [0.2, 0.25) is 0 Å². The maximum Gasteiger partial charge on any atom is 0.469 e. The molecule has 0 aromatic heterocycles. The molecule has 0 radical (unpaired) electrons. The van der Waals surface area contributed by atoms with Gasteiger partial charge < -0.3 is 19.3 Å². The molecule has 0 rings (SSSR count). The van der Waals surface area contributed by atoms with Crippen molar-refractivity contribution in [2.75, 3.05) is 13.2 Å². The van der Waals surface area contributed by atoms with E-state index < -0.39 is 32.5 Å². The van der Waals surface area contributed by atoms with Crippen molar-refractivity contribution in [2.45, 2.75) is 187 Å². The number of hydrogen-bond donors (Lipinski definition) is 2. The Morgan fingerprint density at radius 1 is 0.520 bits per heavy atom. The van der Waals surface area contributed by atoms with E-state index >= 15 is 0 Å². The number of ether oxygens (including phenoxy) is 2. The van der Waals surface area contributed by atoms with Gasteiger partial charge in [-0.1, -0.05) is 146 Å². The summed E-state index contributed by atoms with van der Waals surface area (Å²) in [4.78, 5) is 42.7. The zero-order valence-corrected chi connectivity index (χ0v) is 32.7. The number of allylic oxidation sites excluding steroid dienone is 8. The second kappa shape index (κ2) is 36.8. The van der Waals surface area contributed by atoms with Gasteiger partial charge in [-0.15, -0.1) is 0 Å². The van der Waals surface area contributed by atoms with Crippen LogP contribution in [0.25, 0.3) is 0 Å². The molecule has 0 aliphatic rings. The number of rotatable bonds is 36. The second-order valence-corrected chi connectivity index (χ2v) is 14.5. The molecule has 0 saturated carbocycles. The number of carbonyl (C=O) groups excluding carboxylic acids is 2. The highest BCUT2D eigenvalue weighted by Gasteiger charge is 2.22. The first kappa shape index (κ1) is 48.0. The van der Waals surface area contributed by atoms with Gasteiger partial charge in [0.2, 0.25) is 0 Å². The van der Waals surface area contributed by atoms with Crippen molar-refractivity contribution in [1.29, 1.82) is 0 Å². The van der Waals surface area contributed by atoms with Crippen LogP contribution >= 0.6 is 7.82 Å². The lowest BCUT2D eigenvalue weighted by Gasteiger charge is -2.18. The molecule has 8 nitrogen and oxygen atoms in total. The summed E-state index contributed by atoms with van der Waals surface area (Å²) in [6.45, 7) is 3.61. The van der Waals surface area contributed by atoms with Crippen LogP contribution in [0.1, 0.15) is 181 Å². The van der Waals surface area contributed by atoms with Gasteiger partial charge in [-0.05, 0) is 70.6 Å². The average Bonchev–Trinajstić information content (AvgIpc) is 3.08. The zero-order chi connectivity index (χ0) is 36.8. The molecule has 1 atom stereocenters. The quantitative estimate of drug-likeness (QED) is 0.0284. The van der Waals surface area contributed by atoms with Crippen molar-refractivity contribution in [3.8, 4) is 0 Å². The minimum absolute atomic E-state index is 0.160. The number of phosphoric acid groups is 1. The lowest BCUT2D eigenvalue weighted by molar-refractivity contribution is -0.161. The first-order valence-electron chi connectivity index (χ1n) is 19.9. The fourth-order valence-electron chi connectivity index (χ4n) is 5.32. The van der Waals surface area contributed by atoms with Gasteiger partial charge in [-0.25, -0.2) is 4.57 Å². The van der Waals surface area contributed by atoms with Crippen LogP contribution in [-0.2, 0) is 28.2 Å². The van der Waals surface area contributed by atoms with E-state index in [1.165, 1.54) is 96.3 Å². The Hall–Kier alpha value is -1.99. The van der Waals surface area contributed by atoms with Gasteiger partial charge in [-0.2, -0.15) is 0 Å². The van der Waals surface area contributed by atoms with E-state index in [2.05, 4.69) is 67.0 Å². The number of phosphoric ester groups is 1. The fourth-order valence-corrected chi connectivity index (χ4v) is 5.68. The molecule has 9 heteroatoms. The Morgan fingerprint density at radius 3 is 1.38 bits per heavy atom. The van der Waals surface area contributed by atoms with Crippen LogP contribution in [0.15, 0.2) is 48.6 Å². The van der Waals surface area contributed by atoms with Crippen LogP contribution in [0.3, 0.4) is 0 Å². The smallest absolute Gasteiger partial charge is 0.462 e. The number of carbonyl (C=O) groups is 2. The Bertz CT molecular complexity index is 952. The topological polar surface area (TPSA) is 119 Å². The SMILES string of the molecule is CCCCCCCC/C=C/C/C=C/CCCCC(=O)O[C@H](COC(=O)CCC/C=C/C/C=C/CCCCCCCCCCC)COP(=O)(O)O. The molecule has 0 aliphatic heterocycles. The summed E-state index contributed by atoms with van der Waals surface area (Å²) in [7, 11) is -4.77. The van der Waals surface area contributed by atoms with E-state index in [1.54, 1.807) is 0 Å². The summed E-state index contributed by atoms with van der Waals surface area (Å²) in [5.41, 5.74) is 0. The van der Waals surface area contributed by atoms with Crippen molar-refractivity contribution in [1.82, 2.24) is 0 Å². The second-order valence-electron chi connectivity index (χ2n) is 13.2. The monoisotopic (exact) mass is 725 g/mol. The van der Waals surface area contributed by atoms with E-state index in [1.807, 2.05) is 0 Å². The molecule has 0 saturated heterocycles. The molecule has 50 heavy (non-hydrogen) atoms. The highest BCUT2D eigenvalue weighted by atomic mass is 31.2. The molecule has 2 N–H and O–H groups in total. The van der Waals surface area contributed by atoms with E-state index in [9.17, 15) is 14.2 Å². The van der Waals surface area contributed by atoms with Crippen molar-refractivity contribution in [2.24, 2.45) is 0 Å². The summed E-state index contributed by atoms with van der Waals surface area (Å²) >= 11 is 0. The third kappa shape index (κ3) is 38.8. The minimum atomic E-state index is -4.77. The van der Waals surface area contributed by atoms with Crippen LogP contribution in [0.4, 0.5) is 0 Å².